The standard InChI is InChI=1S/C13H19ClFN/c1-4-13(9(2)3)16-8-10-11(14)6-5-7-12(10)15/h5-7,9,13,16H,4,8H2,1-3H3. The summed E-state index contributed by atoms with van der Waals surface area (Å²) in [5.74, 6) is 0.300. The second-order valence-electron chi connectivity index (χ2n) is 4.34. The zero-order chi connectivity index (χ0) is 12.1. The topological polar surface area (TPSA) is 12.0 Å². The van der Waals surface area contributed by atoms with Gasteiger partial charge >= 0.3 is 0 Å². The van der Waals surface area contributed by atoms with Crippen LogP contribution in [0, 0.1) is 11.7 Å². The van der Waals surface area contributed by atoms with E-state index in [0.29, 0.717) is 29.1 Å². The molecule has 1 unspecified atom stereocenters. The zero-order valence-corrected chi connectivity index (χ0v) is 10.8. The molecule has 0 bridgehead atoms. The molecule has 0 saturated heterocycles. The molecular formula is C13H19ClFN. The van der Waals surface area contributed by atoms with Crippen molar-refractivity contribution in [2.24, 2.45) is 5.92 Å². The van der Waals surface area contributed by atoms with Crippen LogP contribution in [0.5, 0.6) is 0 Å². The van der Waals surface area contributed by atoms with Crippen molar-refractivity contribution in [2.45, 2.75) is 39.8 Å². The van der Waals surface area contributed by atoms with Crippen LogP contribution in [0.1, 0.15) is 32.8 Å². The molecule has 3 heteroatoms. The summed E-state index contributed by atoms with van der Waals surface area (Å²) in [4.78, 5) is 0. The summed E-state index contributed by atoms with van der Waals surface area (Å²) in [7, 11) is 0. The third-order valence-electron chi connectivity index (χ3n) is 2.85. The highest BCUT2D eigenvalue weighted by molar-refractivity contribution is 6.31. The second-order valence-corrected chi connectivity index (χ2v) is 4.75. The lowest BCUT2D eigenvalue weighted by atomic mass is 10.0. The van der Waals surface area contributed by atoms with Gasteiger partial charge in [0.1, 0.15) is 5.82 Å². The molecule has 1 aromatic carbocycles. The molecule has 0 fully saturated rings. The Labute approximate surface area is 102 Å². The molecule has 0 heterocycles. The molecule has 0 aliphatic heterocycles. The zero-order valence-electron chi connectivity index (χ0n) is 10.1. The number of hydrogen-bond acceptors (Lipinski definition) is 1. The number of rotatable bonds is 5. The maximum atomic E-state index is 13.5. The molecule has 1 aromatic rings. The average Bonchev–Trinajstić information content (AvgIpc) is 2.22. The predicted octanol–water partition coefficient (Wildman–Crippen LogP) is 4.00. The minimum Gasteiger partial charge on any atom is -0.310 e. The van der Waals surface area contributed by atoms with E-state index in [1.165, 1.54) is 6.07 Å². The summed E-state index contributed by atoms with van der Waals surface area (Å²) in [6, 6.07) is 5.19. The molecule has 0 amide bonds. The first-order valence-corrected chi connectivity index (χ1v) is 6.10. The van der Waals surface area contributed by atoms with Gasteiger partial charge < -0.3 is 5.32 Å². The van der Waals surface area contributed by atoms with E-state index < -0.39 is 0 Å². The van der Waals surface area contributed by atoms with Crippen molar-refractivity contribution in [3.63, 3.8) is 0 Å². The van der Waals surface area contributed by atoms with Gasteiger partial charge in [0.15, 0.2) is 0 Å². The van der Waals surface area contributed by atoms with Crippen molar-refractivity contribution in [1.82, 2.24) is 5.32 Å². The number of nitrogens with one attached hydrogen (secondary N) is 1. The molecule has 0 spiro atoms. The van der Waals surface area contributed by atoms with Gasteiger partial charge in [-0.15, -0.1) is 0 Å². The van der Waals surface area contributed by atoms with Gasteiger partial charge in [0.25, 0.3) is 0 Å². The van der Waals surface area contributed by atoms with Crippen LogP contribution in [0.25, 0.3) is 0 Å². The van der Waals surface area contributed by atoms with Crippen LogP contribution in [0.2, 0.25) is 5.02 Å². The molecule has 0 aromatic heterocycles. The first-order chi connectivity index (χ1) is 7.56. The average molecular weight is 244 g/mol. The minimum absolute atomic E-state index is 0.237. The highest BCUT2D eigenvalue weighted by atomic mass is 35.5. The van der Waals surface area contributed by atoms with Crippen LogP contribution < -0.4 is 5.32 Å². The molecule has 0 aliphatic rings. The Morgan fingerprint density at radius 3 is 2.56 bits per heavy atom. The number of hydrogen-bond donors (Lipinski definition) is 1. The third-order valence-corrected chi connectivity index (χ3v) is 3.20. The van der Waals surface area contributed by atoms with Gasteiger partial charge in [0.2, 0.25) is 0 Å². The summed E-state index contributed by atoms with van der Waals surface area (Å²) in [5.41, 5.74) is 0.559. The SMILES string of the molecule is CCC(NCc1c(F)cccc1Cl)C(C)C. The molecule has 0 saturated carbocycles. The van der Waals surface area contributed by atoms with Crippen LogP contribution in [0.15, 0.2) is 18.2 Å². The van der Waals surface area contributed by atoms with Gasteiger partial charge in [0, 0.05) is 23.2 Å². The Morgan fingerprint density at radius 2 is 2.06 bits per heavy atom. The van der Waals surface area contributed by atoms with E-state index in [2.05, 4.69) is 26.1 Å². The highest BCUT2D eigenvalue weighted by Crippen LogP contribution is 2.19. The Balaban J connectivity index is 2.67. The molecule has 1 rings (SSSR count). The normalized spacial score (nSPS) is 13.1. The van der Waals surface area contributed by atoms with E-state index in [4.69, 9.17) is 11.6 Å². The molecule has 16 heavy (non-hydrogen) atoms. The van der Waals surface area contributed by atoms with Crippen LogP contribution in [0.3, 0.4) is 0 Å². The number of benzene rings is 1. The second kappa shape index (κ2) is 6.21. The predicted molar refractivity (Wildman–Crippen MR) is 67.2 cm³/mol. The van der Waals surface area contributed by atoms with E-state index in [1.807, 2.05) is 0 Å². The minimum atomic E-state index is -0.237. The lowest BCUT2D eigenvalue weighted by Crippen LogP contribution is -2.32. The fourth-order valence-corrected chi connectivity index (χ4v) is 2.02. The first-order valence-electron chi connectivity index (χ1n) is 5.72. The van der Waals surface area contributed by atoms with E-state index in [0.717, 1.165) is 6.42 Å². The van der Waals surface area contributed by atoms with E-state index in [-0.39, 0.29) is 5.82 Å². The van der Waals surface area contributed by atoms with Gasteiger partial charge in [0.05, 0.1) is 0 Å². The van der Waals surface area contributed by atoms with E-state index in [9.17, 15) is 4.39 Å². The van der Waals surface area contributed by atoms with Gasteiger partial charge in [-0.2, -0.15) is 0 Å². The summed E-state index contributed by atoms with van der Waals surface area (Å²) >= 11 is 5.96. The Morgan fingerprint density at radius 1 is 1.38 bits per heavy atom. The van der Waals surface area contributed by atoms with E-state index in [1.54, 1.807) is 12.1 Å². The molecule has 90 valence electrons. The van der Waals surface area contributed by atoms with Gasteiger partial charge in [-0.3, -0.25) is 0 Å². The smallest absolute Gasteiger partial charge is 0.129 e. The molecule has 1 N–H and O–H groups in total. The fraction of sp³-hybridized carbons (Fsp3) is 0.538. The van der Waals surface area contributed by atoms with E-state index >= 15 is 0 Å². The van der Waals surface area contributed by atoms with Crippen LogP contribution in [-0.2, 0) is 6.54 Å². The number of halogens is 2. The van der Waals surface area contributed by atoms with Crippen molar-refractivity contribution in [1.29, 1.82) is 0 Å². The van der Waals surface area contributed by atoms with Crippen LogP contribution >= 0.6 is 11.6 Å². The molecule has 0 radical (unpaired) electrons. The fourth-order valence-electron chi connectivity index (χ4n) is 1.79. The molecule has 1 nitrogen and oxygen atoms in total. The van der Waals surface area contributed by atoms with Gasteiger partial charge in [-0.1, -0.05) is 38.4 Å². The summed E-state index contributed by atoms with van der Waals surface area (Å²) in [6.45, 7) is 6.93. The maximum Gasteiger partial charge on any atom is 0.129 e. The van der Waals surface area contributed by atoms with Crippen LogP contribution in [0.4, 0.5) is 4.39 Å². The quantitative estimate of drug-likeness (QED) is 0.824. The molecule has 0 aliphatic carbocycles. The molecule has 1 atom stereocenters. The Bertz CT molecular complexity index is 318. The Hall–Kier alpha value is -0.600. The van der Waals surface area contributed by atoms with Crippen molar-refractivity contribution in [2.75, 3.05) is 0 Å². The monoisotopic (exact) mass is 243 g/mol. The highest BCUT2D eigenvalue weighted by Gasteiger charge is 2.12. The first kappa shape index (κ1) is 13.5. The van der Waals surface area contributed by atoms with Crippen LogP contribution in [-0.4, -0.2) is 6.04 Å². The van der Waals surface area contributed by atoms with Crippen molar-refractivity contribution < 1.29 is 4.39 Å². The lowest BCUT2D eigenvalue weighted by Gasteiger charge is -2.21. The van der Waals surface area contributed by atoms with Gasteiger partial charge in [-0.05, 0) is 24.5 Å². The largest absolute Gasteiger partial charge is 0.310 e. The lowest BCUT2D eigenvalue weighted by molar-refractivity contribution is 0.384. The van der Waals surface area contributed by atoms with Crippen molar-refractivity contribution in [3.8, 4) is 0 Å². The van der Waals surface area contributed by atoms with Crippen molar-refractivity contribution >= 4 is 11.6 Å². The van der Waals surface area contributed by atoms with Gasteiger partial charge in [-0.25, -0.2) is 4.39 Å². The molecular weight excluding hydrogens is 225 g/mol. The maximum absolute atomic E-state index is 13.5. The summed E-state index contributed by atoms with van der Waals surface area (Å²) in [5, 5.41) is 3.83. The third kappa shape index (κ3) is 3.46. The van der Waals surface area contributed by atoms with Crippen molar-refractivity contribution in [3.05, 3.63) is 34.6 Å². The summed E-state index contributed by atoms with van der Waals surface area (Å²) in [6.07, 6.45) is 1.03. The Kier molecular flexibility index (Phi) is 5.23. The summed E-state index contributed by atoms with van der Waals surface area (Å²) < 4.78 is 13.5.